The van der Waals surface area contributed by atoms with Crippen molar-refractivity contribution in [1.29, 1.82) is 5.26 Å². The summed E-state index contributed by atoms with van der Waals surface area (Å²) in [5.74, 6) is 0.224. The molecular weight excluding hydrogens is 216 g/mol. The molecular formula is C12H16N4O. The summed E-state index contributed by atoms with van der Waals surface area (Å²) in [5, 5.41) is 8.81. The molecule has 1 heterocycles. The Labute approximate surface area is 101 Å². The number of anilines is 1. The first-order chi connectivity index (χ1) is 8.17. The number of nitrogens with zero attached hydrogens (tertiary/aromatic N) is 3. The maximum Gasteiger partial charge on any atom is 0.236 e. The summed E-state index contributed by atoms with van der Waals surface area (Å²) in [6.45, 7) is 2.91. The Bertz CT molecular complexity index is 425. The van der Waals surface area contributed by atoms with E-state index in [-0.39, 0.29) is 6.54 Å². The summed E-state index contributed by atoms with van der Waals surface area (Å²) in [4.78, 5) is 16.9. The van der Waals surface area contributed by atoms with E-state index in [0.29, 0.717) is 17.9 Å². The van der Waals surface area contributed by atoms with E-state index in [1.165, 1.54) is 0 Å². The van der Waals surface area contributed by atoms with Gasteiger partial charge in [-0.25, -0.2) is 4.98 Å². The third kappa shape index (κ3) is 4.11. The van der Waals surface area contributed by atoms with Crippen molar-refractivity contribution in [2.75, 3.05) is 18.0 Å². The maximum absolute atomic E-state index is 11.0. The molecule has 0 aromatic carbocycles. The van der Waals surface area contributed by atoms with E-state index in [1.54, 1.807) is 23.2 Å². The third-order valence-corrected chi connectivity index (χ3v) is 2.33. The minimum Gasteiger partial charge on any atom is -0.368 e. The molecule has 0 spiro atoms. The number of nitrogens with two attached hydrogens (primary N) is 1. The second kappa shape index (κ2) is 6.48. The molecule has 0 aliphatic carbocycles. The minimum absolute atomic E-state index is 0.127. The number of amides is 1. The quantitative estimate of drug-likeness (QED) is 0.794. The molecule has 0 unspecified atom stereocenters. The van der Waals surface area contributed by atoms with Gasteiger partial charge in [-0.15, -0.1) is 0 Å². The fourth-order valence-corrected chi connectivity index (χ4v) is 1.47. The monoisotopic (exact) mass is 232 g/mol. The number of carbonyl (C=O) groups excluding carboxylic acids is 1. The van der Waals surface area contributed by atoms with Crippen LogP contribution in [0, 0.1) is 11.3 Å². The second-order valence-electron chi connectivity index (χ2n) is 3.76. The Balaban J connectivity index is 2.87. The van der Waals surface area contributed by atoms with Crippen molar-refractivity contribution >= 4 is 11.7 Å². The zero-order valence-electron chi connectivity index (χ0n) is 9.89. The molecule has 0 saturated heterocycles. The van der Waals surface area contributed by atoms with Crippen LogP contribution < -0.4 is 10.6 Å². The molecule has 5 nitrogen and oxygen atoms in total. The molecule has 0 atom stereocenters. The van der Waals surface area contributed by atoms with Gasteiger partial charge in [-0.1, -0.05) is 13.3 Å². The number of nitriles is 1. The molecule has 2 N–H and O–H groups in total. The van der Waals surface area contributed by atoms with Crippen molar-refractivity contribution in [1.82, 2.24) is 4.98 Å². The van der Waals surface area contributed by atoms with Crippen LogP contribution in [0.3, 0.4) is 0 Å². The molecule has 1 aromatic heterocycles. The summed E-state index contributed by atoms with van der Waals surface area (Å²) in [7, 11) is 0. The van der Waals surface area contributed by atoms with Crippen molar-refractivity contribution in [3.63, 3.8) is 0 Å². The Morgan fingerprint density at radius 2 is 2.41 bits per heavy atom. The minimum atomic E-state index is -0.398. The van der Waals surface area contributed by atoms with Gasteiger partial charge in [0, 0.05) is 12.7 Å². The summed E-state index contributed by atoms with van der Waals surface area (Å²) in [5.41, 5.74) is 5.73. The predicted octanol–water partition coefficient (Wildman–Crippen LogP) is 1.05. The van der Waals surface area contributed by atoms with Crippen LogP contribution in [0.15, 0.2) is 18.3 Å². The summed E-state index contributed by atoms with van der Waals surface area (Å²) in [6, 6.07) is 5.34. The van der Waals surface area contributed by atoms with Gasteiger partial charge in [0.2, 0.25) is 5.91 Å². The van der Waals surface area contributed by atoms with Crippen molar-refractivity contribution in [3.05, 3.63) is 23.9 Å². The first-order valence-electron chi connectivity index (χ1n) is 5.56. The standard InChI is InChI=1S/C12H16N4O/c1-2-3-6-16(9-11(14)17)12-7-10(8-13)4-5-15-12/h4-5,7H,2-3,6,9H2,1H3,(H2,14,17). The van der Waals surface area contributed by atoms with Crippen LogP contribution in [0.5, 0.6) is 0 Å². The summed E-state index contributed by atoms with van der Waals surface area (Å²) < 4.78 is 0. The number of aromatic nitrogens is 1. The molecule has 1 amide bonds. The van der Waals surface area contributed by atoms with Gasteiger partial charge in [-0.3, -0.25) is 4.79 Å². The van der Waals surface area contributed by atoms with Crippen molar-refractivity contribution in [3.8, 4) is 6.07 Å². The van der Waals surface area contributed by atoms with Crippen LogP contribution in [0.4, 0.5) is 5.82 Å². The van der Waals surface area contributed by atoms with E-state index in [2.05, 4.69) is 11.9 Å². The molecule has 0 aliphatic rings. The van der Waals surface area contributed by atoms with Gasteiger partial charge in [-0.05, 0) is 18.6 Å². The van der Waals surface area contributed by atoms with Crippen LogP contribution in [0.25, 0.3) is 0 Å². The number of unbranched alkanes of at least 4 members (excludes halogenated alkanes) is 1. The SMILES string of the molecule is CCCCN(CC(N)=O)c1cc(C#N)ccn1. The van der Waals surface area contributed by atoms with E-state index in [4.69, 9.17) is 11.0 Å². The highest BCUT2D eigenvalue weighted by molar-refractivity contribution is 5.79. The fourth-order valence-electron chi connectivity index (χ4n) is 1.47. The van der Waals surface area contributed by atoms with Gasteiger partial charge < -0.3 is 10.6 Å². The fraction of sp³-hybridized carbons (Fsp3) is 0.417. The average Bonchev–Trinajstić information content (AvgIpc) is 2.34. The van der Waals surface area contributed by atoms with E-state index in [0.717, 1.165) is 12.8 Å². The normalized spacial score (nSPS) is 9.65. The van der Waals surface area contributed by atoms with Crippen molar-refractivity contribution in [2.24, 2.45) is 5.73 Å². The smallest absolute Gasteiger partial charge is 0.236 e. The van der Waals surface area contributed by atoms with E-state index >= 15 is 0 Å². The van der Waals surface area contributed by atoms with Crippen LogP contribution in [-0.2, 0) is 4.79 Å². The van der Waals surface area contributed by atoms with Crippen LogP contribution >= 0.6 is 0 Å². The van der Waals surface area contributed by atoms with Crippen molar-refractivity contribution < 1.29 is 4.79 Å². The number of hydrogen-bond donors (Lipinski definition) is 1. The second-order valence-corrected chi connectivity index (χ2v) is 3.76. The van der Waals surface area contributed by atoms with Gasteiger partial charge in [0.25, 0.3) is 0 Å². The molecule has 0 aliphatic heterocycles. The highest BCUT2D eigenvalue weighted by atomic mass is 16.1. The van der Waals surface area contributed by atoms with Gasteiger partial charge >= 0.3 is 0 Å². The topological polar surface area (TPSA) is 83.0 Å². The van der Waals surface area contributed by atoms with E-state index < -0.39 is 5.91 Å². The number of carbonyl (C=O) groups is 1. The van der Waals surface area contributed by atoms with Gasteiger partial charge in [0.1, 0.15) is 5.82 Å². The first-order valence-corrected chi connectivity index (χ1v) is 5.56. The molecule has 0 saturated carbocycles. The maximum atomic E-state index is 11.0. The largest absolute Gasteiger partial charge is 0.368 e. The third-order valence-electron chi connectivity index (χ3n) is 2.33. The lowest BCUT2D eigenvalue weighted by atomic mass is 10.2. The Morgan fingerprint density at radius 3 is 3.00 bits per heavy atom. The zero-order valence-corrected chi connectivity index (χ0v) is 9.89. The number of pyridine rings is 1. The van der Waals surface area contributed by atoms with Gasteiger partial charge in [0.05, 0.1) is 18.2 Å². The molecule has 0 fully saturated rings. The van der Waals surface area contributed by atoms with Crippen LogP contribution in [-0.4, -0.2) is 24.0 Å². The Hall–Kier alpha value is -2.09. The zero-order chi connectivity index (χ0) is 12.7. The molecule has 0 radical (unpaired) electrons. The number of primary amides is 1. The lowest BCUT2D eigenvalue weighted by molar-refractivity contribution is -0.116. The molecule has 1 rings (SSSR count). The molecule has 5 heteroatoms. The first kappa shape index (κ1) is 13.0. The lowest BCUT2D eigenvalue weighted by Crippen LogP contribution is -2.35. The van der Waals surface area contributed by atoms with Crippen molar-refractivity contribution in [2.45, 2.75) is 19.8 Å². The van der Waals surface area contributed by atoms with Crippen LogP contribution in [0.2, 0.25) is 0 Å². The predicted molar refractivity (Wildman–Crippen MR) is 65.3 cm³/mol. The molecule has 17 heavy (non-hydrogen) atoms. The summed E-state index contributed by atoms with van der Waals surface area (Å²) in [6.07, 6.45) is 3.53. The van der Waals surface area contributed by atoms with E-state index in [9.17, 15) is 4.79 Å². The molecule has 0 bridgehead atoms. The Morgan fingerprint density at radius 1 is 1.65 bits per heavy atom. The van der Waals surface area contributed by atoms with Gasteiger partial charge in [-0.2, -0.15) is 5.26 Å². The van der Waals surface area contributed by atoms with E-state index in [1.807, 2.05) is 6.07 Å². The lowest BCUT2D eigenvalue weighted by Gasteiger charge is -2.21. The number of rotatable bonds is 6. The van der Waals surface area contributed by atoms with Gasteiger partial charge in [0.15, 0.2) is 0 Å². The van der Waals surface area contributed by atoms with Crippen LogP contribution in [0.1, 0.15) is 25.3 Å². The Kier molecular flexibility index (Phi) is 4.95. The average molecular weight is 232 g/mol. The molecule has 1 aromatic rings. The highest BCUT2D eigenvalue weighted by Gasteiger charge is 2.10. The molecule has 90 valence electrons. The highest BCUT2D eigenvalue weighted by Crippen LogP contribution is 2.12. The summed E-state index contributed by atoms with van der Waals surface area (Å²) >= 11 is 0. The number of hydrogen-bond acceptors (Lipinski definition) is 4.